The summed E-state index contributed by atoms with van der Waals surface area (Å²) in [7, 11) is 0. The number of rotatable bonds is 3. The second-order valence-electron chi connectivity index (χ2n) is 1.71. The van der Waals surface area contributed by atoms with Gasteiger partial charge in [0.15, 0.2) is 0 Å². The van der Waals surface area contributed by atoms with Crippen molar-refractivity contribution in [1.82, 2.24) is 0 Å². The predicted molar refractivity (Wildman–Crippen MR) is 29.0 cm³/mol. The van der Waals surface area contributed by atoms with Gasteiger partial charge in [-0.25, -0.2) is 0 Å². The van der Waals surface area contributed by atoms with E-state index in [1.807, 2.05) is 0 Å². The van der Waals surface area contributed by atoms with Gasteiger partial charge in [0.2, 0.25) is 5.91 Å². The van der Waals surface area contributed by atoms with Crippen LogP contribution in [0, 0.1) is 5.92 Å². The molecule has 0 aliphatic carbocycles. The Bertz CT molecular complexity index is 101. The summed E-state index contributed by atoms with van der Waals surface area (Å²) in [5.41, 5.74) is 4.82. The van der Waals surface area contributed by atoms with Crippen LogP contribution in [0.5, 0.6) is 0 Å². The molecule has 0 rings (SSSR count). The van der Waals surface area contributed by atoms with Crippen molar-refractivity contribution in [2.75, 3.05) is 0 Å². The first kappa shape index (κ1) is 7.14. The van der Waals surface area contributed by atoms with Gasteiger partial charge in [0.05, 0.1) is 0 Å². The van der Waals surface area contributed by atoms with Crippen molar-refractivity contribution < 1.29 is 9.59 Å². The van der Waals surface area contributed by atoms with E-state index in [2.05, 4.69) is 0 Å². The molecule has 0 aromatic heterocycles. The van der Waals surface area contributed by atoms with Crippen LogP contribution in [-0.4, -0.2) is 12.2 Å². The molecule has 1 atom stereocenters. The number of carbonyl (C=O) groups excluding carboxylic acids is 2. The first-order valence-corrected chi connectivity index (χ1v) is 2.41. The van der Waals surface area contributed by atoms with E-state index in [-0.39, 0.29) is 12.3 Å². The van der Waals surface area contributed by atoms with Gasteiger partial charge in [-0.3, -0.25) is 4.79 Å². The van der Waals surface area contributed by atoms with Crippen molar-refractivity contribution in [2.24, 2.45) is 11.7 Å². The third-order valence-electron chi connectivity index (χ3n) is 0.935. The molecular weight excluding hydrogens is 106 g/mol. The molecule has 1 amide bonds. The van der Waals surface area contributed by atoms with Crippen LogP contribution in [0.15, 0.2) is 0 Å². The van der Waals surface area contributed by atoms with Crippen LogP contribution in [0.25, 0.3) is 0 Å². The molecule has 2 N–H and O–H groups in total. The molecule has 0 aromatic rings. The molecule has 8 heavy (non-hydrogen) atoms. The van der Waals surface area contributed by atoms with E-state index in [4.69, 9.17) is 5.73 Å². The molecule has 0 saturated heterocycles. The van der Waals surface area contributed by atoms with Crippen molar-refractivity contribution in [2.45, 2.75) is 13.3 Å². The van der Waals surface area contributed by atoms with Crippen molar-refractivity contribution in [3.63, 3.8) is 0 Å². The predicted octanol–water partition coefficient (Wildman–Crippen LogP) is -0.303. The van der Waals surface area contributed by atoms with Crippen LogP contribution in [0.1, 0.15) is 13.3 Å². The quantitative estimate of drug-likeness (QED) is 0.513. The van der Waals surface area contributed by atoms with Gasteiger partial charge in [0, 0.05) is 12.3 Å². The molecule has 0 aliphatic rings. The molecule has 3 heteroatoms. The molecule has 3 nitrogen and oxygen atoms in total. The average molecular weight is 115 g/mol. The Labute approximate surface area is 47.9 Å². The third kappa shape index (κ3) is 2.34. The molecule has 0 saturated carbocycles. The van der Waals surface area contributed by atoms with E-state index in [1.165, 1.54) is 0 Å². The Hall–Kier alpha value is -0.860. The number of primary amides is 1. The summed E-state index contributed by atoms with van der Waals surface area (Å²) in [6.07, 6.45) is 0.921. The lowest BCUT2D eigenvalue weighted by molar-refractivity contribution is -0.123. The Kier molecular flexibility index (Phi) is 2.84. The number of nitrogens with two attached hydrogens (primary N) is 1. The lowest BCUT2D eigenvalue weighted by atomic mass is 10.1. The molecule has 0 bridgehead atoms. The monoisotopic (exact) mass is 115 g/mol. The van der Waals surface area contributed by atoms with E-state index >= 15 is 0 Å². The van der Waals surface area contributed by atoms with Gasteiger partial charge in [0.1, 0.15) is 6.29 Å². The van der Waals surface area contributed by atoms with Gasteiger partial charge in [-0.1, -0.05) is 6.92 Å². The fourth-order valence-electron chi connectivity index (χ4n) is 0.260. The minimum Gasteiger partial charge on any atom is -0.369 e. The highest BCUT2D eigenvalue weighted by atomic mass is 16.1. The second-order valence-corrected chi connectivity index (χ2v) is 1.71. The Morgan fingerprint density at radius 3 is 2.50 bits per heavy atom. The Morgan fingerprint density at radius 1 is 1.88 bits per heavy atom. The summed E-state index contributed by atoms with van der Waals surface area (Å²) in [6, 6.07) is 0. The maximum atomic E-state index is 10.2. The Morgan fingerprint density at radius 2 is 2.38 bits per heavy atom. The fourth-order valence-corrected chi connectivity index (χ4v) is 0.260. The highest BCUT2D eigenvalue weighted by molar-refractivity contribution is 5.78. The first-order chi connectivity index (χ1) is 3.68. The standard InChI is InChI=1S/C5H9NO2/c1-4(2-3-7)5(6)8/h3-4H,2H2,1H3,(H2,6,8). The number of hydrogen-bond donors (Lipinski definition) is 1. The van der Waals surface area contributed by atoms with E-state index in [0.29, 0.717) is 6.29 Å². The fraction of sp³-hybridized carbons (Fsp3) is 0.600. The largest absolute Gasteiger partial charge is 0.369 e. The minimum absolute atomic E-state index is 0.231. The number of aldehydes is 1. The summed E-state index contributed by atoms with van der Waals surface area (Å²) in [6.45, 7) is 1.62. The zero-order chi connectivity index (χ0) is 6.57. The topological polar surface area (TPSA) is 60.2 Å². The van der Waals surface area contributed by atoms with Crippen LogP contribution >= 0.6 is 0 Å². The molecule has 0 spiro atoms. The van der Waals surface area contributed by atoms with E-state index in [1.54, 1.807) is 6.92 Å². The van der Waals surface area contributed by atoms with Crippen LogP contribution in [-0.2, 0) is 9.59 Å². The molecule has 0 fully saturated rings. The number of hydrogen-bond acceptors (Lipinski definition) is 2. The molecular formula is C5H9NO2. The SMILES string of the molecule is CC(CC=O)C(N)=O. The van der Waals surface area contributed by atoms with E-state index < -0.39 is 5.91 Å². The Balaban J connectivity index is 3.46. The summed E-state index contributed by atoms with van der Waals surface area (Å²) in [4.78, 5) is 19.9. The van der Waals surface area contributed by atoms with Gasteiger partial charge in [-0.2, -0.15) is 0 Å². The van der Waals surface area contributed by atoms with Crippen LogP contribution < -0.4 is 5.73 Å². The molecule has 0 aliphatic heterocycles. The lowest BCUT2D eigenvalue weighted by Crippen LogP contribution is -2.20. The summed E-state index contributed by atoms with van der Waals surface area (Å²) < 4.78 is 0. The van der Waals surface area contributed by atoms with Gasteiger partial charge in [-0.05, 0) is 0 Å². The van der Waals surface area contributed by atoms with Crippen LogP contribution in [0.3, 0.4) is 0 Å². The third-order valence-corrected chi connectivity index (χ3v) is 0.935. The minimum atomic E-state index is -0.419. The van der Waals surface area contributed by atoms with Crippen molar-refractivity contribution in [1.29, 1.82) is 0 Å². The first-order valence-electron chi connectivity index (χ1n) is 2.41. The smallest absolute Gasteiger partial charge is 0.220 e. The van der Waals surface area contributed by atoms with Crippen LogP contribution in [0.2, 0.25) is 0 Å². The highest BCUT2D eigenvalue weighted by Gasteiger charge is 2.05. The van der Waals surface area contributed by atoms with E-state index in [9.17, 15) is 9.59 Å². The molecule has 0 heterocycles. The highest BCUT2D eigenvalue weighted by Crippen LogP contribution is 1.94. The van der Waals surface area contributed by atoms with Gasteiger partial charge in [0.25, 0.3) is 0 Å². The molecule has 0 radical (unpaired) electrons. The lowest BCUT2D eigenvalue weighted by Gasteiger charge is -1.97. The zero-order valence-electron chi connectivity index (χ0n) is 4.76. The zero-order valence-corrected chi connectivity index (χ0v) is 4.76. The summed E-state index contributed by atoms with van der Waals surface area (Å²) in [5, 5.41) is 0. The van der Waals surface area contributed by atoms with Gasteiger partial charge in [-0.15, -0.1) is 0 Å². The van der Waals surface area contributed by atoms with Crippen molar-refractivity contribution in [3.8, 4) is 0 Å². The van der Waals surface area contributed by atoms with Crippen molar-refractivity contribution in [3.05, 3.63) is 0 Å². The molecule has 1 unspecified atom stereocenters. The van der Waals surface area contributed by atoms with Crippen LogP contribution in [0.4, 0.5) is 0 Å². The summed E-state index contributed by atoms with van der Waals surface area (Å²) >= 11 is 0. The van der Waals surface area contributed by atoms with Crippen molar-refractivity contribution >= 4 is 12.2 Å². The normalized spacial score (nSPS) is 12.6. The maximum absolute atomic E-state index is 10.2. The number of carbonyl (C=O) groups is 2. The maximum Gasteiger partial charge on any atom is 0.220 e. The second kappa shape index (κ2) is 3.18. The van der Waals surface area contributed by atoms with Gasteiger partial charge < -0.3 is 10.5 Å². The summed E-state index contributed by atoms with van der Waals surface area (Å²) in [5.74, 6) is -0.732. The molecule has 46 valence electrons. The number of amides is 1. The average Bonchev–Trinajstić information content (AvgIpc) is 1.67. The van der Waals surface area contributed by atoms with Gasteiger partial charge >= 0.3 is 0 Å². The molecule has 0 aromatic carbocycles. The van der Waals surface area contributed by atoms with E-state index in [0.717, 1.165) is 0 Å².